The second-order valence-electron chi connectivity index (χ2n) is 5.52. The van der Waals surface area contributed by atoms with Gasteiger partial charge in [-0.2, -0.15) is 0 Å². The van der Waals surface area contributed by atoms with E-state index in [4.69, 9.17) is 0 Å². The lowest BCUT2D eigenvalue weighted by molar-refractivity contribution is 0.590. The Labute approximate surface area is 125 Å². The van der Waals surface area contributed by atoms with Crippen molar-refractivity contribution in [2.24, 2.45) is 0 Å². The third kappa shape index (κ3) is 3.11. The molecule has 3 aromatic rings. The number of benzene rings is 2. The minimum atomic E-state index is 0.290. The highest BCUT2D eigenvalue weighted by molar-refractivity contribution is 5.83. The predicted octanol–water partition coefficient (Wildman–Crippen LogP) is 4.05. The van der Waals surface area contributed by atoms with E-state index < -0.39 is 0 Å². The van der Waals surface area contributed by atoms with Crippen molar-refractivity contribution in [3.05, 3.63) is 77.6 Å². The molecular formula is C19H20N2. The van der Waals surface area contributed by atoms with Gasteiger partial charge in [-0.1, -0.05) is 48.5 Å². The van der Waals surface area contributed by atoms with Crippen LogP contribution in [0.5, 0.6) is 0 Å². The van der Waals surface area contributed by atoms with Crippen LogP contribution < -0.4 is 5.32 Å². The molecule has 2 heteroatoms. The molecule has 0 saturated heterocycles. The first-order valence-electron chi connectivity index (χ1n) is 7.33. The second kappa shape index (κ2) is 6.06. The Morgan fingerprint density at radius 2 is 1.81 bits per heavy atom. The van der Waals surface area contributed by atoms with Crippen molar-refractivity contribution in [2.75, 3.05) is 7.05 Å². The summed E-state index contributed by atoms with van der Waals surface area (Å²) in [5, 5.41) is 5.99. The van der Waals surface area contributed by atoms with Crippen molar-refractivity contribution in [2.45, 2.75) is 19.4 Å². The standard InChI is InChI=1S/C19H20N2/c1-14-9-18(13-21-12-14)19(20-2)11-15-7-8-16-5-3-4-6-17(16)10-15/h3-10,12-13,19-20H,11H2,1-2H3. The van der Waals surface area contributed by atoms with Crippen LogP contribution in [-0.2, 0) is 6.42 Å². The molecule has 0 amide bonds. The number of pyridine rings is 1. The summed E-state index contributed by atoms with van der Waals surface area (Å²) in [4.78, 5) is 4.30. The quantitative estimate of drug-likeness (QED) is 0.777. The Kier molecular flexibility index (Phi) is 3.98. The Bertz CT molecular complexity index is 749. The van der Waals surface area contributed by atoms with Crippen molar-refractivity contribution in [1.82, 2.24) is 10.3 Å². The summed E-state index contributed by atoms with van der Waals surface area (Å²) in [6.07, 6.45) is 4.81. The van der Waals surface area contributed by atoms with Gasteiger partial charge in [0, 0.05) is 18.4 Å². The molecular weight excluding hydrogens is 256 g/mol. The van der Waals surface area contributed by atoms with E-state index in [9.17, 15) is 0 Å². The van der Waals surface area contributed by atoms with Gasteiger partial charge in [0.05, 0.1) is 0 Å². The number of likely N-dealkylation sites (N-methyl/N-ethyl adjacent to an activating group) is 1. The number of nitrogens with one attached hydrogen (secondary N) is 1. The number of hydrogen-bond donors (Lipinski definition) is 1. The van der Waals surface area contributed by atoms with Crippen molar-refractivity contribution in [3.8, 4) is 0 Å². The van der Waals surface area contributed by atoms with Gasteiger partial charge < -0.3 is 5.32 Å². The molecule has 1 heterocycles. The summed E-state index contributed by atoms with van der Waals surface area (Å²) in [5.74, 6) is 0. The van der Waals surface area contributed by atoms with Crippen LogP contribution in [0.2, 0.25) is 0 Å². The molecule has 0 fully saturated rings. The summed E-state index contributed by atoms with van der Waals surface area (Å²) in [5.41, 5.74) is 3.78. The van der Waals surface area contributed by atoms with E-state index in [1.165, 1.54) is 27.5 Å². The summed E-state index contributed by atoms with van der Waals surface area (Å²) in [6.45, 7) is 2.08. The first-order chi connectivity index (χ1) is 10.3. The minimum absolute atomic E-state index is 0.290. The SMILES string of the molecule is CNC(Cc1ccc2ccccc2c1)c1cncc(C)c1. The fourth-order valence-corrected chi connectivity index (χ4v) is 2.76. The van der Waals surface area contributed by atoms with Crippen LogP contribution in [-0.4, -0.2) is 12.0 Å². The number of aryl methyl sites for hydroxylation is 1. The first kappa shape index (κ1) is 13.8. The fraction of sp³-hybridized carbons (Fsp3) is 0.211. The second-order valence-corrected chi connectivity index (χ2v) is 5.52. The molecule has 0 aliphatic heterocycles. The van der Waals surface area contributed by atoms with Crippen LogP contribution >= 0.6 is 0 Å². The van der Waals surface area contributed by atoms with Gasteiger partial charge in [0.1, 0.15) is 0 Å². The maximum absolute atomic E-state index is 4.30. The largest absolute Gasteiger partial charge is 0.313 e. The van der Waals surface area contributed by atoms with Crippen molar-refractivity contribution in [3.63, 3.8) is 0 Å². The maximum Gasteiger partial charge on any atom is 0.0373 e. The Balaban J connectivity index is 1.88. The Morgan fingerprint density at radius 1 is 1.00 bits per heavy atom. The summed E-state index contributed by atoms with van der Waals surface area (Å²) < 4.78 is 0. The van der Waals surface area contributed by atoms with Gasteiger partial charge in [0.15, 0.2) is 0 Å². The lowest BCUT2D eigenvalue weighted by Gasteiger charge is -2.17. The average Bonchev–Trinajstić information content (AvgIpc) is 2.52. The molecule has 0 aliphatic rings. The van der Waals surface area contributed by atoms with Gasteiger partial charge in [-0.25, -0.2) is 0 Å². The van der Waals surface area contributed by atoms with Crippen molar-refractivity contribution in [1.29, 1.82) is 0 Å². The molecule has 1 unspecified atom stereocenters. The summed E-state index contributed by atoms with van der Waals surface area (Å²) >= 11 is 0. The van der Waals surface area contributed by atoms with Crippen LogP contribution in [0.1, 0.15) is 22.7 Å². The van der Waals surface area contributed by atoms with E-state index in [2.05, 4.69) is 65.8 Å². The average molecular weight is 276 g/mol. The molecule has 3 rings (SSSR count). The van der Waals surface area contributed by atoms with Gasteiger partial charge in [-0.15, -0.1) is 0 Å². The molecule has 0 spiro atoms. The van der Waals surface area contributed by atoms with Crippen molar-refractivity contribution < 1.29 is 0 Å². The number of fused-ring (bicyclic) bond motifs is 1. The monoisotopic (exact) mass is 276 g/mol. The highest BCUT2D eigenvalue weighted by Gasteiger charge is 2.11. The minimum Gasteiger partial charge on any atom is -0.313 e. The van der Waals surface area contributed by atoms with Gasteiger partial charge in [0.25, 0.3) is 0 Å². The highest BCUT2D eigenvalue weighted by atomic mass is 14.9. The van der Waals surface area contributed by atoms with E-state index in [1.54, 1.807) is 0 Å². The topological polar surface area (TPSA) is 24.9 Å². The first-order valence-corrected chi connectivity index (χ1v) is 7.33. The highest BCUT2D eigenvalue weighted by Crippen LogP contribution is 2.21. The van der Waals surface area contributed by atoms with E-state index in [0.717, 1.165) is 6.42 Å². The van der Waals surface area contributed by atoms with Crippen LogP contribution in [0.15, 0.2) is 60.9 Å². The number of hydrogen-bond acceptors (Lipinski definition) is 2. The Morgan fingerprint density at radius 3 is 2.57 bits per heavy atom. The number of rotatable bonds is 4. The molecule has 0 radical (unpaired) electrons. The van der Waals surface area contributed by atoms with E-state index in [-0.39, 0.29) is 0 Å². The molecule has 2 aromatic carbocycles. The fourth-order valence-electron chi connectivity index (χ4n) is 2.76. The zero-order valence-electron chi connectivity index (χ0n) is 12.5. The number of nitrogens with zero attached hydrogens (tertiary/aromatic N) is 1. The molecule has 1 N–H and O–H groups in total. The summed E-state index contributed by atoms with van der Waals surface area (Å²) in [7, 11) is 2.01. The molecule has 0 aliphatic carbocycles. The Hall–Kier alpha value is -2.19. The zero-order chi connectivity index (χ0) is 14.7. The van der Waals surface area contributed by atoms with Crippen molar-refractivity contribution >= 4 is 10.8 Å². The molecule has 106 valence electrons. The number of aromatic nitrogens is 1. The third-order valence-electron chi connectivity index (χ3n) is 3.90. The predicted molar refractivity (Wildman–Crippen MR) is 88.4 cm³/mol. The third-order valence-corrected chi connectivity index (χ3v) is 3.90. The molecule has 1 atom stereocenters. The lowest BCUT2D eigenvalue weighted by atomic mass is 9.97. The van der Waals surface area contributed by atoms with Gasteiger partial charge in [-0.3, -0.25) is 4.98 Å². The van der Waals surface area contributed by atoms with Gasteiger partial charge in [-0.05, 0) is 47.9 Å². The van der Waals surface area contributed by atoms with Crippen LogP contribution in [0.3, 0.4) is 0 Å². The van der Waals surface area contributed by atoms with Crippen LogP contribution in [0, 0.1) is 6.92 Å². The molecule has 2 nitrogen and oxygen atoms in total. The molecule has 0 saturated carbocycles. The van der Waals surface area contributed by atoms with Crippen LogP contribution in [0.25, 0.3) is 10.8 Å². The zero-order valence-corrected chi connectivity index (χ0v) is 12.5. The molecule has 1 aromatic heterocycles. The van der Waals surface area contributed by atoms with E-state index in [0.29, 0.717) is 6.04 Å². The van der Waals surface area contributed by atoms with E-state index in [1.807, 2.05) is 19.4 Å². The normalized spacial score (nSPS) is 12.5. The van der Waals surface area contributed by atoms with Crippen LogP contribution in [0.4, 0.5) is 0 Å². The molecule has 21 heavy (non-hydrogen) atoms. The van der Waals surface area contributed by atoms with Gasteiger partial charge in [0.2, 0.25) is 0 Å². The van der Waals surface area contributed by atoms with Gasteiger partial charge >= 0.3 is 0 Å². The summed E-state index contributed by atoms with van der Waals surface area (Å²) in [6, 6.07) is 17.7. The maximum atomic E-state index is 4.30. The molecule has 0 bridgehead atoms. The lowest BCUT2D eigenvalue weighted by Crippen LogP contribution is -2.19. The van der Waals surface area contributed by atoms with E-state index >= 15 is 0 Å². The smallest absolute Gasteiger partial charge is 0.0373 e.